The van der Waals surface area contributed by atoms with Crippen LogP contribution in [0, 0.1) is 0 Å². The molecule has 0 saturated carbocycles. The van der Waals surface area contributed by atoms with Gasteiger partial charge in [-0.1, -0.05) is 18.2 Å². The number of fused-ring (bicyclic) bond motifs is 1. The first-order valence-corrected chi connectivity index (χ1v) is 7.23. The lowest BCUT2D eigenvalue weighted by atomic mass is 9.90. The summed E-state index contributed by atoms with van der Waals surface area (Å²) in [6, 6.07) is 11.6. The Balaban J connectivity index is 1.98. The molecule has 0 aromatic heterocycles. The Morgan fingerprint density at radius 1 is 1.00 bits per heavy atom. The summed E-state index contributed by atoms with van der Waals surface area (Å²) in [7, 11) is 0. The molecule has 2 aromatic rings. The standard InChI is InChI=1S/C17H19N3O/c18-16-13(17(19)21)8-4-10-15(16)20-14-9-3-6-11-5-1-2-7-12(11)14/h3-4,6,8-10,20H,1-2,5,7,18H2,(H2,19,21). The Bertz CT molecular complexity index is 694. The third kappa shape index (κ3) is 2.57. The maximum absolute atomic E-state index is 11.4. The van der Waals surface area contributed by atoms with Crippen molar-refractivity contribution < 1.29 is 4.79 Å². The number of amides is 1. The summed E-state index contributed by atoms with van der Waals surface area (Å²) in [6.45, 7) is 0. The van der Waals surface area contributed by atoms with Gasteiger partial charge in [-0.2, -0.15) is 0 Å². The molecule has 3 rings (SSSR count). The van der Waals surface area contributed by atoms with Crippen LogP contribution in [0.15, 0.2) is 36.4 Å². The van der Waals surface area contributed by atoms with Crippen molar-refractivity contribution in [2.24, 2.45) is 5.73 Å². The Morgan fingerprint density at radius 2 is 1.71 bits per heavy atom. The fraction of sp³-hybridized carbons (Fsp3) is 0.235. The predicted molar refractivity (Wildman–Crippen MR) is 85.7 cm³/mol. The van der Waals surface area contributed by atoms with E-state index in [9.17, 15) is 4.79 Å². The molecule has 21 heavy (non-hydrogen) atoms. The highest BCUT2D eigenvalue weighted by atomic mass is 16.1. The van der Waals surface area contributed by atoms with Gasteiger partial charge < -0.3 is 16.8 Å². The van der Waals surface area contributed by atoms with Crippen molar-refractivity contribution >= 4 is 23.0 Å². The van der Waals surface area contributed by atoms with E-state index in [0.29, 0.717) is 11.3 Å². The predicted octanol–water partition coefficient (Wildman–Crippen LogP) is 2.99. The lowest BCUT2D eigenvalue weighted by Crippen LogP contribution is -2.14. The molecular weight excluding hydrogens is 262 g/mol. The normalized spacial score (nSPS) is 13.5. The number of primary amides is 1. The molecule has 108 valence electrons. The number of carbonyl (C=O) groups excluding carboxylic acids is 1. The number of hydrogen-bond donors (Lipinski definition) is 3. The molecule has 0 radical (unpaired) electrons. The second-order valence-electron chi connectivity index (χ2n) is 5.41. The summed E-state index contributed by atoms with van der Waals surface area (Å²) in [5, 5.41) is 3.36. The van der Waals surface area contributed by atoms with Crippen LogP contribution in [0.4, 0.5) is 17.1 Å². The smallest absolute Gasteiger partial charge is 0.250 e. The molecule has 1 aliphatic carbocycles. The summed E-state index contributed by atoms with van der Waals surface area (Å²) >= 11 is 0. The van der Waals surface area contributed by atoms with Gasteiger partial charge in [0, 0.05) is 5.69 Å². The van der Waals surface area contributed by atoms with Crippen molar-refractivity contribution in [2.75, 3.05) is 11.1 Å². The van der Waals surface area contributed by atoms with Crippen LogP contribution in [-0.4, -0.2) is 5.91 Å². The first-order valence-electron chi connectivity index (χ1n) is 7.23. The molecule has 0 fully saturated rings. The molecule has 5 N–H and O–H groups in total. The lowest BCUT2D eigenvalue weighted by Gasteiger charge is -2.21. The van der Waals surface area contributed by atoms with Gasteiger partial charge in [-0.3, -0.25) is 4.79 Å². The number of para-hydroxylation sites is 1. The lowest BCUT2D eigenvalue weighted by molar-refractivity contribution is 0.100. The van der Waals surface area contributed by atoms with Gasteiger partial charge in [0.2, 0.25) is 0 Å². The van der Waals surface area contributed by atoms with Gasteiger partial charge in [-0.15, -0.1) is 0 Å². The zero-order valence-corrected chi connectivity index (χ0v) is 11.9. The molecule has 4 nitrogen and oxygen atoms in total. The number of nitrogens with one attached hydrogen (secondary N) is 1. The van der Waals surface area contributed by atoms with E-state index >= 15 is 0 Å². The van der Waals surface area contributed by atoms with Crippen LogP contribution in [0.5, 0.6) is 0 Å². The first kappa shape index (κ1) is 13.5. The maximum Gasteiger partial charge on any atom is 0.250 e. The molecule has 0 unspecified atom stereocenters. The first-order chi connectivity index (χ1) is 10.2. The quantitative estimate of drug-likeness (QED) is 0.756. The minimum Gasteiger partial charge on any atom is -0.396 e. The molecule has 1 aliphatic rings. The average Bonchev–Trinajstić information content (AvgIpc) is 2.49. The van der Waals surface area contributed by atoms with Gasteiger partial charge in [0.25, 0.3) is 5.91 Å². The SMILES string of the molecule is NC(=O)c1cccc(Nc2cccc3c2CCCC3)c1N. The molecular formula is C17H19N3O. The molecule has 0 saturated heterocycles. The molecule has 4 heteroatoms. The number of carbonyl (C=O) groups is 1. The monoisotopic (exact) mass is 281 g/mol. The van der Waals surface area contributed by atoms with E-state index < -0.39 is 5.91 Å². The highest BCUT2D eigenvalue weighted by Crippen LogP contribution is 2.32. The Hall–Kier alpha value is -2.49. The van der Waals surface area contributed by atoms with E-state index in [0.717, 1.165) is 24.2 Å². The summed E-state index contributed by atoms with van der Waals surface area (Å²) in [4.78, 5) is 11.4. The average molecular weight is 281 g/mol. The van der Waals surface area contributed by atoms with Crippen LogP contribution < -0.4 is 16.8 Å². The van der Waals surface area contributed by atoms with E-state index in [1.165, 1.54) is 24.0 Å². The third-order valence-corrected chi connectivity index (χ3v) is 4.04. The highest BCUT2D eigenvalue weighted by molar-refractivity contribution is 6.01. The van der Waals surface area contributed by atoms with Gasteiger partial charge in [0.05, 0.1) is 16.9 Å². The van der Waals surface area contributed by atoms with Crippen molar-refractivity contribution in [3.63, 3.8) is 0 Å². The molecule has 0 aliphatic heterocycles. The van der Waals surface area contributed by atoms with Crippen molar-refractivity contribution in [1.82, 2.24) is 0 Å². The van der Waals surface area contributed by atoms with Crippen molar-refractivity contribution in [1.29, 1.82) is 0 Å². The molecule has 0 spiro atoms. The number of benzene rings is 2. The number of aryl methyl sites for hydroxylation is 1. The minimum atomic E-state index is -0.508. The number of nitrogen functional groups attached to an aromatic ring is 1. The minimum absolute atomic E-state index is 0.352. The number of anilines is 3. The number of nitrogens with two attached hydrogens (primary N) is 2. The van der Waals surface area contributed by atoms with Crippen LogP contribution in [0.3, 0.4) is 0 Å². The van der Waals surface area contributed by atoms with E-state index in [2.05, 4.69) is 23.5 Å². The van der Waals surface area contributed by atoms with Crippen molar-refractivity contribution in [2.45, 2.75) is 25.7 Å². The molecule has 1 amide bonds. The number of hydrogen-bond acceptors (Lipinski definition) is 3. The fourth-order valence-corrected chi connectivity index (χ4v) is 2.93. The van der Waals surface area contributed by atoms with Crippen LogP contribution in [0.25, 0.3) is 0 Å². The second-order valence-corrected chi connectivity index (χ2v) is 5.41. The molecule has 2 aromatic carbocycles. The van der Waals surface area contributed by atoms with E-state index in [1.54, 1.807) is 12.1 Å². The van der Waals surface area contributed by atoms with Gasteiger partial charge in [0.1, 0.15) is 0 Å². The topological polar surface area (TPSA) is 81.1 Å². The molecule has 0 bridgehead atoms. The van der Waals surface area contributed by atoms with E-state index in [-0.39, 0.29) is 0 Å². The Kier molecular flexibility index (Phi) is 3.52. The highest BCUT2D eigenvalue weighted by Gasteiger charge is 2.15. The summed E-state index contributed by atoms with van der Waals surface area (Å²) in [5.74, 6) is -0.508. The maximum atomic E-state index is 11.4. The van der Waals surface area contributed by atoms with Crippen molar-refractivity contribution in [3.05, 3.63) is 53.1 Å². The third-order valence-electron chi connectivity index (χ3n) is 4.04. The largest absolute Gasteiger partial charge is 0.396 e. The molecule has 0 atom stereocenters. The van der Waals surface area contributed by atoms with Gasteiger partial charge >= 0.3 is 0 Å². The van der Waals surface area contributed by atoms with Crippen LogP contribution >= 0.6 is 0 Å². The fourth-order valence-electron chi connectivity index (χ4n) is 2.93. The molecule has 0 heterocycles. The van der Waals surface area contributed by atoms with Gasteiger partial charge in [-0.05, 0) is 55.0 Å². The zero-order chi connectivity index (χ0) is 14.8. The van der Waals surface area contributed by atoms with Crippen LogP contribution in [0.2, 0.25) is 0 Å². The van der Waals surface area contributed by atoms with Crippen LogP contribution in [-0.2, 0) is 12.8 Å². The van der Waals surface area contributed by atoms with Gasteiger partial charge in [0.15, 0.2) is 0 Å². The van der Waals surface area contributed by atoms with E-state index in [4.69, 9.17) is 11.5 Å². The van der Waals surface area contributed by atoms with E-state index in [1.807, 2.05) is 6.07 Å². The Labute approximate surface area is 124 Å². The zero-order valence-electron chi connectivity index (χ0n) is 11.9. The second kappa shape index (κ2) is 5.48. The van der Waals surface area contributed by atoms with Gasteiger partial charge in [-0.25, -0.2) is 0 Å². The summed E-state index contributed by atoms with van der Waals surface area (Å²) in [5.41, 5.74) is 16.7. The summed E-state index contributed by atoms with van der Waals surface area (Å²) in [6.07, 6.45) is 4.66. The van der Waals surface area contributed by atoms with Crippen molar-refractivity contribution in [3.8, 4) is 0 Å². The summed E-state index contributed by atoms with van der Waals surface area (Å²) < 4.78 is 0. The Morgan fingerprint density at radius 3 is 2.52 bits per heavy atom. The number of rotatable bonds is 3. The van der Waals surface area contributed by atoms with Crippen LogP contribution in [0.1, 0.15) is 34.3 Å².